The van der Waals surface area contributed by atoms with Crippen LogP contribution in [0.4, 0.5) is 5.69 Å². The van der Waals surface area contributed by atoms with Gasteiger partial charge in [-0.3, -0.25) is 9.59 Å². The molecule has 2 amide bonds. The van der Waals surface area contributed by atoms with E-state index >= 15 is 0 Å². The Labute approximate surface area is 132 Å². The highest BCUT2D eigenvalue weighted by atomic mass is 35.5. The van der Waals surface area contributed by atoms with E-state index in [1.165, 1.54) is 5.56 Å². The first-order valence-electron chi connectivity index (χ1n) is 6.86. The molecule has 4 N–H and O–H groups in total. The lowest BCUT2D eigenvalue weighted by Gasteiger charge is -2.15. The highest BCUT2D eigenvalue weighted by Crippen LogP contribution is 2.09. The number of carbonyl (C=O) groups excluding carboxylic acids is 2. The molecule has 0 heterocycles. The molecule has 1 aromatic rings. The number of hydrogen-bond donors (Lipinski definition) is 3. The highest BCUT2D eigenvalue weighted by molar-refractivity contribution is 5.95. The second-order valence-corrected chi connectivity index (χ2v) is 5.09. The van der Waals surface area contributed by atoms with Gasteiger partial charge in [-0.25, -0.2) is 0 Å². The van der Waals surface area contributed by atoms with Crippen molar-refractivity contribution in [1.82, 2.24) is 5.32 Å². The number of carbonyl (C=O) groups is 2. The number of nitrogens with two attached hydrogens (primary N) is 1. The van der Waals surface area contributed by atoms with Crippen molar-refractivity contribution in [1.29, 1.82) is 0 Å². The molecule has 0 aliphatic carbocycles. The van der Waals surface area contributed by atoms with Crippen LogP contribution in [0.5, 0.6) is 0 Å². The second kappa shape index (κ2) is 9.37. The van der Waals surface area contributed by atoms with Crippen LogP contribution in [0.25, 0.3) is 0 Å². The summed E-state index contributed by atoms with van der Waals surface area (Å²) in [4.78, 5) is 23.3. The average molecular weight is 314 g/mol. The van der Waals surface area contributed by atoms with E-state index in [-0.39, 0.29) is 36.7 Å². The van der Waals surface area contributed by atoms with Gasteiger partial charge < -0.3 is 16.4 Å². The first kappa shape index (κ1) is 19.4. The zero-order chi connectivity index (χ0) is 15.1. The smallest absolute Gasteiger partial charge is 0.243 e. The number of hydrogen-bond acceptors (Lipinski definition) is 3. The lowest BCUT2D eigenvalue weighted by molar-refractivity contribution is -0.125. The number of rotatable bonds is 6. The van der Waals surface area contributed by atoms with Crippen LogP contribution in [-0.4, -0.2) is 24.4 Å². The van der Waals surface area contributed by atoms with Gasteiger partial charge >= 0.3 is 0 Å². The molecule has 5 nitrogen and oxygen atoms in total. The summed E-state index contributed by atoms with van der Waals surface area (Å²) in [6, 6.07) is 7.02. The number of anilines is 1. The van der Waals surface area contributed by atoms with Crippen LogP contribution in [0.3, 0.4) is 0 Å². The van der Waals surface area contributed by atoms with Crippen molar-refractivity contribution < 1.29 is 9.59 Å². The molecule has 0 unspecified atom stereocenters. The summed E-state index contributed by atoms with van der Waals surface area (Å²) in [5, 5.41) is 5.25. The number of benzene rings is 1. The normalized spacial score (nSPS) is 11.5. The molecule has 1 rings (SSSR count). The van der Waals surface area contributed by atoms with Gasteiger partial charge in [0.05, 0.1) is 12.6 Å². The van der Waals surface area contributed by atoms with E-state index in [9.17, 15) is 9.59 Å². The average Bonchev–Trinajstić information content (AvgIpc) is 2.44. The summed E-state index contributed by atoms with van der Waals surface area (Å²) in [5.41, 5.74) is 7.61. The molecular formula is C15H24ClN3O2. The van der Waals surface area contributed by atoms with Gasteiger partial charge in [0.15, 0.2) is 0 Å². The Kier molecular flexibility index (Phi) is 8.66. The summed E-state index contributed by atoms with van der Waals surface area (Å²) >= 11 is 0. The van der Waals surface area contributed by atoms with E-state index < -0.39 is 6.04 Å². The van der Waals surface area contributed by atoms with Gasteiger partial charge in [0.25, 0.3) is 0 Å². The maximum absolute atomic E-state index is 11.7. The zero-order valence-corrected chi connectivity index (χ0v) is 13.5. The summed E-state index contributed by atoms with van der Waals surface area (Å²) in [6.07, 6.45) is 0.956. The lowest BCUT2D eigenvalue weighted by Crippen LogP contribution is -2.46. The Hall–Kier alpha value is -1.59. The van der Waals surface area contributed by atoms with Crippen molar-refractivity contribution in [3.05, 3.63) is 29.8 Å². The minimum Gasteiger partial charge on any atom is -0.346 e. The van der Waals surface area contributed by atoms with E-state index in [4.69, 9.17) is 5.73 Å². The molecule has 0 bridgehead atoms. The number of amides is 2. The van der Waals surface area contributed by atoms with Crippen molar-refractivity contribution in [3.8, 4) is 0 Å². The Bertz CT molecular complexity index is 460. The van der Waals surface area contributed by atoms with Gasteiger partial charge in [0.1, 0.15) is 0 Å². The predicted octanol–water partition coefficient (Wildman–Crippen LogP) is 1.71. The van der Waals surface area contributed by atoms with Crippen LogP contribution in [0.2, 0.25) is 0 Å². The van der Waals surface area contributed by atoms with Crippen LogP contribution < -0.4 is 16.4 Å². The molecule has 1 aromatic carbocycles. The minimum absolute atomic E-state index is 0. The first-order valence-corrected chi connectivity index (χ1v) is 6.86. The van der Waals surface area contributed by atoms with Gasteiger partial charge in [-0.15, -0.1) is 12.4 Å². The quantitative estimate of drug-likeness (QED) is 0.747. The van der Waals surface area contributed by atoms with Crippen molar-refractivity contribution >= 4 is 29.9 Å². The minimum atomic E-state index is -0.591. The third-order valence-electron chi connectivity index (χ3n) is 3.09. The Morgan fingerprint density at radius 1 is 1.19 bits per heavy atom. The molecule has 0 saturated carbocycles. The van der Waals surface area contributed by atoms with Crippen LogP contribution in [-0.2, 0) is 16.0 Å². The molecule has 0 radical (unpaired) electrons. The predicted molar refractivity (Wildman–Crippen MR) is 87.5 cm³/mol. The Morgan fingerprint density at radius 2 is 1.76 bits per heavy atom. The molecule has 0 spiro atoms. The van der Waals surface area contributed by atoms with Crippen molar-refractivity contribution in [2.45, 2.75) is 33.2 Å². The molecular weight excluding hydrogens is 290 g/mol. The van der Waals surface area contributed by atoms with Crippen LogP contribution >= 0.6 is 12.4 Å². The summed E-state index contributed by atoms with van der Waals surface area (Å²) in [7, 11) is 0. The molecule has 0 aliphatic heterocycles. The molecule has 118 valence electrons. The van der Waals surface area contributed by atoms with E-state index in [2.05, 4.69) is 17.6 Å². The molecule has 0 saturated heterocycles. The SMILES string of the molecule is CCc1ccc(NC(=O)CNC(=O)[C@@H](N)C(C)C)cc1.Cl. The van der Waals surface area contributed by atoms with Crippen LogP contribution in [0, 0.1) is 5.92 Å². The summed E-state index contributed by atoms with van der Waals surface area (Å²) in [5.74, 6) is -0.533. The standard InChI is InChI=1S/C15H23N3O2.ClH/c1-4-11-5-7-12(8-6-11)18-13(19)9-17-15(20)14(16)10(2)3;/h5-8,10,14H,4,9,16H2,1-3H3,(H,17,20)(H,18,19);1H/t14-;/m0./s1. The fraction of sp³-hybridized carbons (Fsp3) is 0.467. The Balaban J connectivity index is 0.00000400. The molecule has 6 heteroatoms. The summed E-state index contributed by atoms with van der Waals surface area (Å²) in [6.45, 7) is 5.72. The monoisotopic (exact) mass is 313 g/mol. The zero-order valence-electron chi connectivity index (χ0n) is 12.7. The first-order chi connectivity index (χ1) is 9.43. The Morgan fingerprint density at radius 3 is 2.24 bits per heavy atom. The van der Waals surface area contributed by atoms with Gasteiger partial charge in [-0.1, -0.05) is 32.9 Å². The molecule has 1 atom stereocenters. The molecule has 21 heavy (non-hydrogen) atoms. The van der Waals surface area contributed by atoms with Crippen LogP contribution in [0.1, 0.15) is 26.3 Å². The molecule has 0 fully saturated rings. The molecule has 0 aliphatic rings. The van der Waals surface area contributed by atoms with Gasteiger partial charge in [0.2, 0.25) is 11.8 Å². The lowest BCUT2D eigenvalue weighted by atomic mass is 10.1. The number of nitrogens with one attached hydrogen (secondary N) is 2. The van der Waals surface area contributed by atoms with E-state index in [1.807, 2.05) is 38.1 Å². The maximum atomic E-state index is 11.7. The van der Waals surface area contributed by atoms with E-state index in [1.54, 1.807) is 0 Å². The number of halogens is 1. The van der Waals surface area contributed by atoms with E-state index in [0.717, 1.165) is 12.1 Å². The fourth-order valence-electron chi connectivity index (χ4n) is 1.62. The fourth-order valence-corrected chi connectivity index (χ4v) is 1.62. The van der Waals surface area contributed by atoms with Crippen molar-refractivity contribution in [2.75, 3.05) is 11.9 Å². The number of aryl methyl sites for hydroxylation is 1. The van der Waals surface area contributed by atoms with Gasteiger partial charge in [-0.2, -0.15) is 0 Å². The molecule has 0 aromatic heterocycles. The summed E-state index contributed by atoms with van der Waals surface area (Å²) < 4.78 is 0. The van der Waals surface area contributed by atoms with Crippen molar-refractivity contribution in [3.63, 3.8) is 0 Å². The van der Waals surface area contributed by atoms with Crippen LogP contribution in [0.15, 0.2) is 24.3 Å². The van der Waals surface area contributed by atoms with E-state index in [0.29, 0.717) is 0 Å². The topological polar surface area (TPSA) is 84.2 Å². The largest absolute Gasteiger partial charge is 0.346 e. The highest BCUT2D eigenvalue weighted by Gasteiger charge is 2.17. The third kappa shape index (κ3) is 6.60. The van der Waals surface area contributed by atoms with Gasteiger partial charge in [0, 0.05) is 5.69 Å². The maximum Gasteiger partial charge on any atom is 0.243 e. The van der Waals surface area contributed by atoms with Crippen molar-refractivity contribution in [2.24, 2.45) is 11.7 Å². The third-order valence-corrected chi connectivity index (χ3v) is 3.09. The second-order valence-electron chi connectivity index (χ2n) is 5.09. The van der Waals surface area contributed by atoms with Gasteiger partial charge in [-0.05, 0) is 30.0 Å².